The molecule has 24 heavy (non-hydrogen) atoms. The van der Waals surface area contributed by atoms with Crippen LogP contribution in [-0.2, 0) is 19.4 Å². The Morgan fingerprint density at radius 3 is 3.04 bits per heavy atom. The first kappa shape index (κ1) is 14.9. The number of rotatable bonds is 1. The molecule has 2 amide bonds. The molecule has 3 heterocycles. The highest BCUT2D eigenvalue weighted by atomic mass is 19.1. The number of aromatic nitrogens is 1. The van der Waals surface area contributed by atoms with E-state index in [9.17, 15) is 9.18 Å². The Morgan fingerprint density at radius 2 is 2.17 bits per heavy atom. The van der Waals surface area contributed by atoms with Crippen LogP contribution < -0.4 is 10.6 Å². The lowest BCUT2D eigenvalue weighted by Crippen LogP contribution is -2.39. The molecule has 1 aromatic heterocycles. The van der Waals surface area contributed by atoms with Gasteiger partial charge in [0, 0.05) is 37.4 Å². The fourth-order valence-electron chi connectivity index (χ4n) is 3.29. The van der Waals surface area contributed by atoms with E-state index in [1.54, 1.807) is 17.0 Å². The molecule has 0 aliphatic carbocycles. The van der Waals surface area contributed by atoms with Crippen molar-refractivity contribution in [2.24, 2.45) is 0 Å². The number of anilines is 2. The van der Waals surface area contributed by atoms with Crippen LogP contribution in [0.5, 0.6) is 0 Å². The SMILES string of the molecule is O=C(Nc1cccc(F)c1)N1CCc2nc3c(cc2C1)CCCN3. The molecule has 0 fully saturated rings. The van der Waals surface area contributed by atoms with Crippen molar-refractivity contribution in [1.29, 1.82) is 0 Å². The van der Waals surface area contributed by atoms with Gasteiger partial charge in [-0.05, 0) is 48.2 Å². The lowest BCUT2D eigenvalue weighted by molar-refractivity contribution is 0.206. The van der Waals surface area contributed by atoms with Crippen LogP contribution in [0, 0.1) is 5.82 Å². The molecule has 6 heteroatoms. The predicted octanol–water partition coefficient (Wildman–Crippen LogP) is 3.17. The van der Waals surface area contributed by atoms with Crippen molar-refractivity contribution in [2.45, 2.75) is 25.8 Å². The van der Waals surface area contributed by atoms with E-state index in [-0.39, 0.29) is 11.8 Å². The quantitative estimate of drug-likeness (QED) is 0.846. The molecular weight excluding hydrogens is 307 g/mol. The normalized spacial score (nSPS) is 16.0. The van der Waals surface area contributed by atoms with Gasteiger partial charge in [-0.2, -0.15) is 0 Å². The van der Waals surface area contributed by atoms with Crippen molar-refractivity contribution < 1.29 is 9.18 Å². The second kappa shape index (κ2) is 6.11. The Balaban J connectivity index is 1.50. The number of nitrogens with zero attached hydrogens (tertiary/aromatic N) is 2. The molecule has 0 saturated heterocycles. The third kappa shape index (κ3) is 2.91. The van der Waals surface area contributed by atoms with Crippen LogP contribution in [0.4, 0.5) is 20.7 Å². The Hall–Kier alpha value is -2.63. The van der Waals surface area contributed by atoms with E-state index < -0.39 is 0 Å². The summed E-state index contributed by atoms with van der Waals surface area (Å²) >= 11 is 0. The average Bonchev–Trinajstić information content (AvgIpc) is 2.59. The van der Waals surface area contributed by atoms with E-state index in [0.717, 1.165) is 42.9 Å². The van der Waals surface area contributed by atoms with Crippen LogP contribution in [0.3, 0.4) is 0 Å². The minimum atomic E-state index is -0.361. The molecule has 0 bridgehead atoms. The summed E-state index contributed by atoms with van der Waals surface area (Å²) in [5, 5.41) is 6.10. The van der Waals surface area contributed by atoms with Crippen LogP contribution in [0.15, 0.2) is 30.3 Å². The standard InChI is InChI=1S/C18H19FN4O/c19-14-4-1-5-15(10-14)21-18(24)23-8-6-16-13(11-23)9-12-3-2-7-20-17(12)22-16/h1,4-5,9-10H,2-3,6-8,11H2,(H,20,22)(H,21,24). The Kier molecular flexibility index (Phi) is 3.80. The molecule has 1 aromatic carbocycles. The average molecular weight is 326 g/mol. The molecule has 0 unspecified atom stereocenters. The highest BCUT2D eigenvalue weighted by Crippen LogP contribution is 2.26. The van der Waals surface area contributed by atoms with Crippen LogP contribution in [-0.4, -0.2) is 29.0 Å². The summed E-state index contributed by atoms with van der Waals surface area (Å²) in [5.41, 5.74) is 3.88. The zero-order valence-electron chi connectivity index (χ0n) is 13.3. The first-order chi connectivity index (χ1) is 11.7. The number of pyridine rings is 1. The van der Waals surface area contributed by atoms with Gasteiger partial charge in [0.05, 0.1) is 0 Å². The molecule has 2 aliphatic rings. The molecule has 4 rings (SSSR count). The molecular formula is C18H19FN4O. The van der Waals surface area contributed by atoms with E-state index in [1.165, 1.54) is 17.7 Å². The van der Waals surface area contributed by atoms with Crippen molar-refractivity contribution >= 4 is 17.5 Å². The van der Waals surface area contributed by atoms with Crippen molar-refractivity contribution in [2.75, 3.05) is 23.7 Å². The van der Waals surface area contributed by atoms with Crippen LogP contribution >= 0.6 is 0 Å². The van der Waals surface area contributed by atoms with Gasteiger partial charge in [-0.25, -0.2) is 14.2 Å². The number of urea groups is 1. The molecule has 0 atom stereocenters. The largest absolute Gasteiger partial charge is 0.370 e. The first-order valence-corrected chi connectivity index (χ1v) is 8.26. The summed E-state index contributed by atoms with van der Waals surface area (Å²) in [4.78, 5) is 18.9. The van der Waals surface area contributed by atoms with Gasteiger partial charge < -0.3 is 15.5 Å². The summed E-state index contributed by atoms with van der Waals surface area (Å²) in [6, 6.07) is 7.91. The van der Waals surface area contributed by atoms with Crippen LogP contribution in [0.2, 0.25) is 0 Å². The molecule has 0 radical (unpaired) electrons. The maximum absolute atomic E-state index is 13.2. The van der Waals surface area contributed by atoms with E-state index >= 15 is 0 Å². The molecule has 2 aliphatic heterocycles. The number of carbonyl (C=O) groups excluding carboxylic acids is 1. The minimum absolute atomic E-state index is 0.206. The summed E-state index contributed by atoms with van der Waals surface area (Å²) in [6.45, 7) is 2.12. The molecule has 2 N–H and O–H groups in total. The van der Waals surface area contributed by atoms with E-state index in [4.69, 9.17) is 4.98 Å². The summed E-state index contributed by atoms with van der Waals surface area (Å²) in [5.74, 6) is 0.637. The molecule has 0 spiro atoms. The van der Waals surface area contributed by atoms with Gasteiger partial charge >= 0.3 is 6.03 Å². The van der Waals surface area contributed by atoms with Crippen LogP contribution in [0.25, 0.3) is 0 Å². The molecule has 2 aromatic rings. The number of hydrogen-bond donors (Lipinski definition) is 2. The fraction of sp³-hybridized carbons (Fsp3) is 0.333. The van der Waals surface area contributed by atoms with Crippen molar-refractivity contribution in [3.05, 3.63) is 53.0 Å². The Morgan fingerprint density at radius 1 is 1.25 bits per heavy atom. The van der Waals surface area contributed by atoms with Crippen molar-refractivity contribution in [1.82, 2.24) is 9.88 Å². The second-order valence-electron chi connectivity index (χ2n) is 6.24. The highest BCUT2D eigenvalue weighted by molar-refractivity contribution is 5.89. The Bertz CT molecular complexity index is 793. The minimum Gasteiger partial charge on any atom is -0.370 e. The first-order valence-electron chi connectivity index (χ1n) is 8.26. The number of hydrogen-bond acceptors (Lipinski definition) is 3. The Labute approximate surface area is 139 Å². The van der Waals surface area contributed by atoms with Crippen molar-refractivity contribution in [3.8, 4) is 0 Å². The van der Waals surface area contributed by atoms with Gasteiger partial charge in [0.25, 0.3) is 0 Å². The summed E-state index contributed by atoms with van der Waals surface area (Å²) < 4.78 is 13.2. The number of amides is 2. The summed E-state index contributed by atoms with van der Waals surface area (Å²) in [7, 11) is 0. The number of aryl methyl sites for hydroxylation is 1. The molecule has 0 saturated carbocycles. The van der Waals surface area contributed by atoms with E-state index in [0.29, 0.717) is 18.8 Å². The molecule has 124 valence electrons. The van der Waals surface area contributed by atoms with E-state index in [1.807, 2.05) is 0 Å². The van der Waals surface area contributed by atoms with Gasteiger partial charge in [0.2, 0.25) is 0 Å². The van der Waals surface area contributed by atoms with Crippen molar-refractivity contribution in [3.63, 3.8) is 0 Å². The second-order valence-corrected chi connectivity index (χ2v) is 6.24. The zero-order chi connectivity index (χ0) is 16.5. The third-order valence-electron chi connectivity index (χ3n) is 4.53. The maximum Gasteiger partial charge on any atom is 0.322 e. The van der Waals surface area contributed by atoms with Gasteiger partial charge in [0.1, 0.15) is 11.6 Å². The number of fused-ring (bicyclic) bond motifs is 2. The van der Waals surface area contributed by atoms with Gasteiger partial charge in [0.15, 0.2) is 0 Å². The maximum atomic E-state index is 13.2. The lowest BCUT2D eigenvalue weighted by Gasteiger charge is -2.30. The fourth-order valence-corrected chi connectivity index (χ4v) is 3.29. The van der Waals surface area contributed by atoms with Gasteiger partial charge in [-0.3, -0.25) is 0 Å². The smallest absolute Gasteiger partial charge is 0.322 e. The van der Waals surface area contributed by atoms with Gasteiger partial charge in [-0.1, -0.05) is 6.07 Å². The number of nitrogens with one attached hydrogen (secondary N) is 2. The highest BCUT2D eigenvalue weighted by Gasteiger charge is 2.24. The van der Waals surface area contributed by atoms with E-state index in [2.05, 4.69) is 16.7 Å². The predicted molar refractivity (Wildman–Crippen MR) is 90.6 cm³/mol. The van der Waals surface area contributed by atoms with Crippen LogP contribution in [0.1, 0.15) is 23.2 Å². The third-order valence-corrected chi connectivity index (χ3v) is 4.53. The van der Waals surface area contributed by atoms with Gasteiger partial charge in [-0.15, -0.1) is 0 Å². The lowest BCUT2D eigenvalue weighted by atomic mass is 9.99. The topological polar surface area (TPSA) is 57.3 Å². The molecule has 5 nitrogen and oxygen atoms in total. The zero-order valence-corrected chi connectivity index (χ0v) is 13.3. The number of carbonyl (C=O) groups is 1. The number of halogens is 1. The summed E-state index contributed by atoms with van der Waals surface area (Å²) in [6.07, 6.45) is 2.87. The monoisotopic (exact) mass is 326 g/mol. The number of benzene rings is 1.